The van der Waals surface area contributed by atoms with E-state index in [2.05, 4.69) is 20.7 Å². The third-order valence-corrected chi connectivity index (χ3v) is 6.46. The molecule has 3 aromatic rings. The van der Waals surface area contributed by atoms with Gasteiger partial charge in [-0.1, -0.05) is 45.8 Å². The number of carbonyl (C=O) groups is 1. The van der Waals surface area contributed by atoms with E-state index in [0.717, 1.165) is 10.0 Å². The van der Waals surface area contributed by atoms with E-state index in [1.54, 1.807) is 30.3 Å². The molecule has 6 nitrogen and oxygen atoms in total. The number of ether oxygens (including phenoxy) is 2. The quantitative estimate of drug-likeness (QED) is 0.533. The third-order valence-electron chi connectivity index (χ3n) is 4.59. The molecule has 0 saturated heterocycles. The highest BCUT2D eigenvalue weighted by molar-refractivity contribution is 9.10. The first-order valence-corrected chi connectivity index (χ1v) is 11.4. The Morgan fingerprint density at radius 1 is 0.967 bits per heavy atom. The van der Waals surface area contributed by atoms with E-state index >= 15 is 0 Å². The first kappa shape index (κ1) is 20.4. The van der Waals surface area contributed by atoms with Crippen LogP contribution < -0.4 is 14.2 Å². The Kier molecular flexibility index (Phi) is 5.53. The van der Waals surface area contributed by atoms with Crippen molar-refractivity contribution in [2.45, 2.75) is 11.8 Å². The zero-order valence-electron chi connectivity index (χ0n) is 16.0. The number of fused-ring (bicyclic) bond motifs is 1. The van der Waals surface area contributed by atoms with Crippen LogP contribution in [0.25, 0.3) is 0 Å². The van der Waals surface area contributed by atoms with Crippen molar-refractivity contribution >= 4 is 37.4 Å². The van der Waals surface area contributed by atoms with Gasteiger partial charge in [-0.25, -0.2) is 8.42 Å². The fourth-order valence-electron chi connectivity index (χ4n) is 3.07. The number of benzene rings is 3. The van der Waals surface area contributed by atoms with E-state index in [-0.39, 0.29) is 21.9 Å². The van der Waals surface area contributed by atoms with Gasteiger partial charge in [0.1, 0.15) is 13.2 Å². The molecule has 0 atom stereocenters. The van der Waals surface area contributed by atoms with Crippen molar-refractivity contribution in [3.05, 3.63) is 81.8 Å². The highest BCUT2D eigenvalue weighted by Crippen LogP contribution is 2.37. The van der Waals surface area contributed by atoms with Crippen LogP contribution >= 0.6 is 15.9 Å². The van der Waals surface area contributed by atoms with E-state index in [9.17, 15) is 13.2 Å². The van der Waals surface area contributed by atoms with Gasteiger partial charge in [0.25, 0.3) is 10.0 Å². The second-order valence-corrected chi connectivity index (χ2v) is 9.40. The number of hydrogen-bond donors (Lipinski definition) is 1. The lowest BCUT2D eigenvalue weighted by Gasteiger charge is -2.21. The molecule has 0 saturated carbocycles. The van der Waals surface area contributed by atoms with Gasteiger partial charge in [0, 0.05) is 16.1 Å². The second-order valence-electron chi connectivity index (χ2n) is 6.80. The fraction of sp³-hybridized carbons (Fsp3) is 0.136. The number of halogens is 1. The molecule has 1 aliphatic rings. The Morgan fingerprint density at radius 3 is 2.30 bits per heavy atom. The zero-order chi connectivity index (χ0) is 21.3. The molecule has 0 unspecified atom stereocenters. The molecule has 0 aliphatic carbocycles. The average Bonchev–Trinajstić information content (AvgIpc) is 2.73. The molecule has 4 rings (SSSR count). The predicted octanol–water partition coefficient (Wildman–Crippen LogP) is 4.56. The maximum atomic E-state index is 13.2. The van der Waals surface area contributed by atoms with Crippen molar-refractivity contribution in [1.29, 1.82) is 0 Å². The van der Waals surface area contributed by atoms with Crippen molar-refractivity contribution in [3.8, 4) is 11.5 Å². The summed E-state index contributed by atoms with van der Waals surface area (Å²) in [7, 11) is -3.91. The van der Waals surface area contributed by atoms with Crippen molar-refractivity contribution < 1.29 is 22.7 Å². The van der Waals surface area contributed by atoms with Crippen LogP contribution in [0.5, 0.6) is 11.5 Å². The van der Waals surface area contributed by atoms with Gasteiger partial charge in [-0.05, 0) is 37.3 Å². The van der Waals surface area contributed by atoms with Crippen molar-refractivity contribution in [1.82, 2.24) is 0 Å². The average molecular weight is 488 g/mol. The number of aryl methyl sites for hydroxylation is 1. The highest BCUT2D eigenvalue weighted by atomic mass is 79.9. The summed E-state index contributed by atoms with van der Waals surface area (Å²) in [4.78, 5) is 13.3. The fourth-order valence-corrected chi connectivity index (χ4v) is 4.54. The smallest absolute Gasteiger partial charge is 0.261 e. The SMILES string of the molecule is Cc1ccc(S(=O)(=O)Nc2cc3c(cc2C(=O)c2cccc(Br)c2)OCCO3)cc1. The topological polar surface area (TPSA) is 81.7 Å². The lowest BCUT2D eigenvalue weighted by atomic mass is 10.0. The lowest BCUT2D eigenvalue weighted by Crippen LogP contribution is -2.19. The molecule has 1 aliphatic heterocycles. The predicted molar refractivity (Wildman–Crippen MR) is 117 cm³/mol. The van der Waals surface area contributed by atoms with E-state index < -0.39 is 10.0 Å². The summed E-state index contributed by atoms with van der Waals surface area (Å²) in [5.74, 6) is 0.446. The molecule has 0 radical (unpaired) electrons. The normalized spacial score (nSPS) is 13.0. The number of carbonyl (C=O) groups excluding carboxylic acids is 1. The summed E-state index contributed by atoms with van der Waals surface area (Å²) in [6.45, 7) is 2.57. The van der Waals surface area contributed by atoms with Gasteiger partial charge in [0.05, 0.1) is 16.1 Å². The van der Waals surface area contributed by atoms with Crippen molar-refractivity contribution in [2.75, 3.05) is 17.9 Å². The number of sulfonamides is 1. The maximum Gasteiger partial charge on any atom is 0.261 e. The molecule has 30 heavy (non-hydrogen) atoms. The minimum atomic E-state index is -3.91. The van der Waals surface area contributed by atoms with E-state index in [0.29, 0.717) is 30.3 Å². The molecule has 0 fully saturated rings. The van der Waals surface area contributed by atoms with Crippen LogP contribution in [0.4, 0.5) is 5.69 Å². The molecule has 1 heterocycles. The summed E-state index contributed by atoms with van der Waals surface area (Å²) in [6.07, 6.45) is 0. The van der Waals surface area contributed by atoms with Crippen LogP contribution in [0.2, 0.25) is 0 Å². The van der Waals surface area contributed by atoms with Crippen LogP contribution in [0.15, 0.2) is 70.0 Å². The molecular formula is C22H18BrNO5S. The van der Waals surface area contributed by atoms with Crippen LogP contribution in [0, 0.1) is 6.92 Å². The molecule has 0 bridgehead atoms. The van der Waals surface area contributed by atoms with E-state index in [1.807, 2.05) is 13.0 Å². The molecule has 0 amide bonds. The summed E-state index contributed by atoms with van der Waals surface area (Å²) < 4.78 is 40.3. The third kappa shape index (κ3) is 4.20. The van der Waals surface area contributed by atoms with Gasteiger partial charge < -0.3 is 9.47 Å². The van der Waals surface area contributed by atoms with Gasteiger partial charge in [0.2, 0.25) is 0 Å². The molecule has 8 heteroatoms. The number of ketones is 1. The van der Waals surface area contributed by atoms with Gasteiger partial charge >= 0.3 is 0 Å². The maximum absolute atomic E-state index is 13.2. The van der Waals surface area contributed by atoms with Crippen molar-refractivity contribution in [3.63, 3.8) is 0 Å². The van der Waals surface area contributed by atoms with Crippen LogP contribution in [0.3, 0.4) is 0 Å². The number of hydrogen-bond acceptors (Lipinski definition) is 5. The minimum Gasteiger partial charge on any atom is -0.486 e. The Hall–Kier alpha value is -2.84. The van der Waals surface area contributed by atoms with Gasteiger partial charge in [-0.3, -0.25) is 9.52 Å². The molecular weight excluding hydrogens is 470 g/mol. The summed E-state index contributed by atoms with van der Waals surface area (Å²) in [6, 6.07) is 16.4. The Bertz CT molecular complexity index is 1220. The Balaban J connectivity index is 1.79. The summed E-state index contributed by atoms with van der Waals surface area (Å²) in [5, 5.41) is 0. The van der Waals surface area contributed by atoms with Crippen LogP contribution in [-0.2, 0) is 10.0 Å². The first-order chi connectivity index (χ1) is 14.3. The van der Waals surface area contributed by atoms with Gasteiger partial charge in [-0.2, -0.15) is 0 Å². The zero-order valence-corrected chi connectivity index (χ0v) is 18.4. The standard InChI is InChI=1S/C22H18BrNO5S/c1-14-5-7-17(8-6-14)30(26,27)24-19-13-21-20(28-9-10-29-21)12-18(19)22(25)15-3-2-4-16(23)11-15/h2-8,11-13,24H,9-10H2,1H3. The monoisotopic (exact) mass is 487 g/mol. The molecule has 0 spiro atoms. The summed E-state index contributed by atoms with van der Waals surface area (Å²) >= 11 is 3.36. The van der Waals surface area contributed by atoms with Crippen LogP contribution in [0.1, 0.15) is 21.5 Å². The van der Waals surface area contributed by atoms with Crippen molar-refractivity contribution in [2.24, 2.45) is 0 Å². The number of rotatable bonds is 5. The molecule has 0 aromatic heterocycles. The van der Waals surface area contributed by atoms with Crippen LogP contribution in [-0.4, -0.2) is 27.4 Å². The molecule has 1 N–H and O–H groups in total. The minimum absolute atomic E-state index is 0.101. The first-order valence-electron chi connectivity index (χ1n) is 9.17. The Labute approximate surface area is 183 Å². The largest absolute Gasteiger partial charge is 0.486 e. The van der Waals surface area contributed by atoms with Gasteiger partial charge in [-0.15, -0.1) is 0 Å². The molecule has 154 valence electrons. The lowest BCUT2D eigenvalue weighted by molar-refractivity contribution is 0.103. The number of anilines is 1. The number of nitrogens with one attached hydrogen (secondary N) is 1. The van der Waals surface area contributed by atoms with E-state index in [4.69, 9.17) is 9.47 Å². The summed E-state index contributed by atoms with van der Waals surface area (Å²) in [5.41, 5.74) is 1.66. The second kappa shape index (κ2) is 8.12. The Morgan fingerprint density at radius 2 is 1.63 bits per heavy atom. The van der Waals surface area contributed by atoms with E-state index in [1.165, 1.54) is 24.3 Å². The molecule has 3 aromatic carbocycles. The van der Waals surface area contributed by atoms with Gasteiger partial charge in [0.15, 0.2) is 17.3 Å². The highest BCUT2D eigenvalue weighted by Gasteiger charge is 2.24.